The molecule has 1 amide bonds. The van der Waals surface area contributed by atoms with Gasteiger partial charge in [-0.25, -0.2) is 5.43 Å². The fraction of sp³-hybridized carbons (Fsp3) is 0.310. The molecule has 3 aromatic rings. The molecule has 7 heteroatoms. The van der Waals surface area contributed by atoms with Gasteiger partial charge in [-0.2, -0.15) is 5.10 Å². The smallest absolute Gasteiger partial charge is 0.240 e. The van der Waals surface area contributed by atoms with Gasteiger partial charge >= 0.3 is 0 Å². The number of aliphatic hydroxyl groups is 1. The first-order valence-electron chi connectivity index (χ1n) is 12.2. The Morgan fingerprint density at radius 3 is 2.36 bits per heavy atom. The molecule has 0 aliphatic rings. The van der Waals surface area contributed by atoms with Gasteiger partial charge in [0.15, 0.2) is 11.5 Å². The molecule has 0 fully saturated rings. The second kappa shape index (κ2) is 13.9. The minimum atomic E-state index is -0.739. The zero-order valence-electron chi connectivity index (χ0n) is 21.1. The van der Waals surface area contributed by atoms with Gasteiger partial charge in [0.1, 0.15) is 12.4 Å². The van der Waals surface area contributed by atoms with E-state index in [9.17, 15) is 9.90 Å². The SMILES string of the molecule is CCOc1ccc([C@@H](O)CCC(=O)N/N=C\c2ccc(OCc3ccc(C)cc3)c(OCC)c2)cc1. The van der Waals surface area contributed by atoms with E-state index in [0.717, 1.165) is 22.4 Å². The van der Waals surface area contributed by atoms with Crippen molar-refractivity contribution in [2.24, 2.45) is 5.10 Å². The Morgan fingerprint density at radius 2 is 1.67 bits per heavy atom. The van der Waals surface area contributed by atoms with Gasteiger partial charge in [-0.1, -0.05) is 42.0 Å². The van der Waals surface area contributed by atoms with Crippen molar-refractivity contribution in [2.75, 3.05) is 13.2 Å². The first-order chi connectivity index (χ1) is 17.5. The van der Waals surface area contributed by atoms with Crippen LogP contribution in [0.4, 0.5) is 0 Å². The topological polar surface area (TPSA) is 89.4 Å². The van der Waals surface area contributed by atoms with Crippen molar-refractivity contribution in [1.29, 1.82) is 0 Å². The van der Waals surface area contributed by atoms with Crippen molar-refractivity contribution in [3.8, 4) is 17.2 Å². The maximum absolute atomic E-state index is 12.2. The Balaban J connectivity index is 1.49. The van der Waals surface area contributed by atoms with Crippen LogP contribution in [-0.4, -0.2) is 30.4 Å². The van der Waals surface area contributed by atoms with E-state index in [1.54, 1.807) is 18.3 Å². The highest BCUT2D eigenvalue weighted by atomic mass is 16.5. The lowest BCUT2D eigenvalue weighted by atomic mass is 10.0. The van der Waals surface area contributed by atoms with Crippen LogP contribution in [0.3, 0.4) is 0 Å². The number of nitrogens with one attached hydrogen (secondary N) is 1. The lowest BCUT2D eigenvalue weighted by Gasteiger charge is -2.13. The number of aliphatic hydroxyl groups excluding tert-OH is 1. The van der Waals surface area contributed by atoms with E-state index in [1.165, 1.54) is 5.56 Å². The van der Waals surface area contributed by atoms with Crippen LogP contribution in [0.15, 0.2) is 71.8 Å². The molecule has 0 saturated heterocycles. The summed E-state index contributed by atoms with van der Waals surface area (Å²) < 4.78 is 17.1. The zero-order chi connectivity index (χ0) is 25.8. The minimum Gasteiger partial charge on any atom is -0.494 e. The van der Waals surface area contributed by atoms with Crippen LogP contribution in [0, 0.1) is 6.92 Å². The van der Waals surface area contributed by atoms with Crippen LogP contribution >= 0.6 is 0 Å². The largest absolute Gasteiger partial charge is 0.494 e. The number of amides is 1. The molecule has 0 aliphatic carbocycles. The molecular formula is C29H34N2O5. The molecule has 190 valence electrons. The molecule has 0 spiro atoms. The Labute approximate surface area is 212 Å². The molecule has 0 bridgehead atoms. The minimum absolute atomic E-state index is 0.141. The van der Waals surface area contributed by atoms with Gasteiger partial charge in [0.25, 0.3) is 0 Å². The molecule has 3 rings (SSSR count). The third kappa shape index (κ3) is 8.43. The van der Waals surface area contributed by atoms with E-state index in [-0.39, 0.29) is 18.7 Å². The summed E-state index contributed by atoms with van der Waals surface area (Å²) >= 11 is 0. The van der Waals surface area contributed by atoms with Gasteiger partial charge in [-0.15, -0.1) is 0 Å². The number of carbonyl (C=O) groups excluding carboxylic acids is 1. The van der Waals surface area contributed by atoms with Gasteiger partial charge in [-0.05, 0) is 74.2 Å². The molecule has 0 aliphatic heterocycles. The number of ether oxygens (including phenoxy) is 3. The summed E-state index contributed by atoms with van der Waals surface area (Å²) in [6, 6.07) is 20.9. The molecule has 0 heterocycles. The van der Waals surface area contributed by atoms with Gasteiger partial charge < -0.3 is 19.3 Å². The number of aryl methyl sites for hydroxylation is 1. The van der Waals surface area contributed by atoms with Crippen molar-refractivity contribution in [3.63, 3.8) is 0 Å². The lowest BCUT2D eigenvalue weighted by molar-refractivity contribution is -0.121. The van der Waals surface area contributed by atoms with Crippen LogP contribution < -0.4 is 19.6 Å². The maximum atomic E-state index is 12.2. The standard InChI is InChI=1S/C29H34N2O5/c1-4-34-25-13-11-24(12-14-25)26(32)15-17-29(33)31-30-19-23-10-16-27(28(18-23)35-5-2)36-20-22-8-6-21(3)7-9-22/h6-14,16,18-19,26,32H,4-5,15,17,20H2,1-3H3,(H,31,33)/b30-19-/t26-/m0/s1. The number of carbonyl (C=O) groups is 1. The summed E-state index contributed by atoms with van der Waals surface area (Å²) in [6.45, 7) is 7.39. The van der Waals surface area contributed by atoms with Crippen molar-refractivity contribution in [1.82, 2.24) is 5.43 Å². The van der Waals surface area contributed by atoms with Crippen molar-refractivity contribution < 1.29 is 24.1 Å². The Hall–Kier alpha value is -3.84. The number of hydrogen-bond acceptors (Lipinski definition) is 6. The monoisotopic (exact) mass is 490 g/mol. The van der Waals surface area contributed by atoms with Crippen LogP contribution in [0.25, 0.3) is 0 Å². The van der Waals surface area contributed by atoms with E-state index in [2.05, 4.69) is 22.7 Å². The van der Waals surface area contributed by atoms with Crippen molar-refractivity contribution >= 4 is 12.1 Å². The fourth-order valence-corrected chi connectivity index (χ4v) is 3.46. The van der Waals surface area contributed by atoms with E-state index < -0.39 is 6.10 Å². The molecule has 7 nitrogen and oxygen atoms in total. The summed E-state index contributed by atoms with van der Waals surface area (Å²) in [6.07, 6.45) is 1.24. The van der Waals surface area contributed by atoms with Crippen molar-refractivity contribution in [3.05, 3.63) is 89.0 Å². The average Bonchev–Trinajstić information content (AvgIpc) is 2.88. The summed E-state index contributed by atoms with van der Waals surface area (Å²) in [7, 11) is 0. The quantitative estimate of drug-likeness (QED) is 0.250. The third-order valence-electron chi connectivity index (χ3n) is 5.41. The zero-order valence-corrected chi connectivity index (χ0v) is 21.1. The third-order valence-corrected chi connectivity index (χ3v) is 5.41. The molecule has 36 heavy (non-hydrogen) atoms. The van der Waals surface area contributed by atoms with E-state index in [4.69, 9.17) is 14.2 Å². The Kier molecular flexibility index (Phi) is 10.3. The summed E-state index contributed by atoms with van der Waals surface area (Å²) in [5, 5.41) is 14.4. The number of benzene rings is 3. The fourth-order valence-electron chi connectivity index (χ4n) is 3.46. The van der Waals surface area contributed by atoms with Crippen LogP contribution in [-0.2, 0) is 11.4 Å². The van der Waals surface area contributed by atoms with Gasteiger partial charge in [0, 0.05) is 6.42 Å². The van der Waals surface area contributed by atoms with Crippen LogP contribution in [0.5, 0.6) is 17.2 Å². The van der Waals surface area contributed by atoms with Crippen LogP contribution in [0.1, 0.15) is 55.0 Å². The molecule has 3 aromatic carbocycles. The lowest BCUT2D eigenvalue weighted by Crippen LogP contribution is -2.18. The van der Waals surface area contributed by atoms with E-state index >= 15 is 0 Å². The average molecular weight is 491 g/mol. The second-order valence-corrected chi connectivity index (χ2v) is 8.26. The molecule has 0 unspecified atom stereocenters. The Bertz CT molecular complexity index is 1130. The first kappa shape index (κ1) is 26.8. The molecule has 2 N–H and O–H groups in total. The summed E-state index contributed by atoms with van der Waals surface area (Å²) in [5.74, 6) is 1.72. The number of rotatable bonds is 13. The predicted molar refractivity (Wildman–Crippen MR) is 141 cm³/mol. The summed E-state index contributed by atoms with van der Waals surface area (Å²) in [5.41, 5.74) is 6.28. The number of hydrogen-bond donors (Lipinski definition) is 2. The van der Waals surface area contributed by atoms with Gasteiger partial charge in [-0.3, -0.25) is 4.79 Å². The predicted octanol–water partition coefficient (Wildman–Crippen LogP) is 5.34. The molecule has 0 radical (unpaired) electrons. The normalized spacial score (nSPS) is 11.8. The number of hydrazone groups is 1. The highest BCUT2D eigenvalue weighted by Gasteiger charge is 2.11. The van der Waals surface area contributed by atoms with Gasteiger partial charge in [0.2, 0.25) is 5.91 Å². The second-order valence-electron chi connectivity index (χ2n) is 8.26. The maximum Gasteiger partial charge on any atom is 0.240 e. The summed E-state index contributed by atoms with van der Waals surface area (Å²) in [4.78, 5) is 12.2. The first-order valence-corrected chi connectivity index (χ1v) is 12.2. The van der Waals surface area contributed by atoms with Crippen LogP contribution in [0.2, 0.25) is 0 Å². The number of nitrogens with zero attached hydrogens (tertiary/aromatic N) is 1. The highest BCUT2D eigenvalue weighted by Crippen LogP contribution is 2.29. The van der Waals surface area contributed by atoms with Gasteiger partial charge in [0.05, 0.1) is 25.5 Å². The molecular weight excluding hydrogens is 456 g/mol. The van der Waals surface area contributed by atoms with Crippen molar-refractivity contribution in [2.45, 2.75) is 46.3 Å². The van der Waals surface area contributed by atoms with E-state index in [1.807, 2.05) is 63.2 Å². The van der Waals surface area contributed by atoms with E-state index in [0.29, 0.717) is 31.3 Å². The molecule has 1 atom stereocenters. The Morgan fingerprint density at radius 1 is 0.944 bits per heavy atom. The molecule has 0 aromatic heterocycles. The highest BCUT2D eigenvalue weighted by molar-refractivity contribution is 5.83. The molecule has 0 saturated carbocycles.